The van der Waals surface area contributed by atoms with E-state index in [0.29, 0.717) is 6.61 Å². The molecule has 0 saturated carbocycles. The van der Waals surface area contributed by atoms with Crippen LogP contribution in [0.2, 0.25) is 0 Å². The normalized spacial score (nSPS) is 10.7. The maximum atomic E-state index is 5.95. The number of rotatable bonds is 3. The van der Waals surface area contributed by atoms with E-state index in [4.69, 9.17) is 10.5 Å². The Kier molecular flexibility index (Phi) is 2.86. The molecule has 0 radical (unpaired) electrons. The van der Waals surface area contributed by atoms with Crippen molar-refractivity contribution in [2.24, 2.45) is 0 Å². The highest BCUT2D eigenvalue weighted by Crippen LogP contribution is 2.30. The molecule has 18 heavy (non-hydrogen) atoms. The predicted molar refractivity (Wildman–Crippen MR) is 74.8 cm³/mol. The molecule has 1 heterocycles. The third-order valence-corrected chi connectivity index (χ3v) is 3.51. The fourth-order valence-corrected chi connectivity index (χ4v) is 2.41. The summed E-state index contributed by atoms with van der Waals surface area (Å²) >= 11 is 1.59. The molecule has 0 unspecified atom stereocenters. The minimum atomic E-state index is 0.492. The van der Waals surface area contributed by atoms with E-state index in [-0.39, 0.29) is 0 Å². The van der Waals surface area contributed by atoms with Crippen molar-refractivity contribution >= 4 is 27.8 Å². The first kappa shape index (κ1) is 11.0. The van der Waals surface area contributed by atoms with Gasteiger partial charge in [-0.1, -0.05) is 24.3 Å². The van der Waals surface area contributed by atoms with E-state index in [0.717, 1.165) is 27.2 Å². The number of hydrogen-bond donors (Lipinski definition) is 1. The van der Waals surface area contributed by atoms with Crippen LogP contribution in [0, 0.1) is 0 Å². The van der Waals surface area contributed by atoms with Crippen LogP contribution < -0.4 is 10.5 Å². The van der Waals surface area contributed by atoms with Crippen LogP contribution in [0.5, 0.6) is 5.75 Å². The molecule has 2 aromatic carbocycles. The Morgan fingerprint density at radius 1 is 1.11 bits per heavy atom. The zero-order valence-corrected chi connectivity index (χ0v) is 10.5. The predicted octanol–water partition coefficient (Wildman–Crippen LogP) is 3.46. The van der Waals surface area contributed by atoms with Gasteiger partial charge in [0.15, 0.2) is 0 Å². The molecule has 2 N–H and O–H groups in total. The smallest absolute Gasteiger partial charge is 0.140 e. The number of ether oxygens (including phenoxy) is 1. The summed E-state index contributed by atoms with van der Waals surface area (Å²) in [6.07, 6.45) is 1.78. The number of fused-ring (bicyclic) bond motifs is 1. The van der Waals surface area contributed by atoms with Crippen molar-refractivity contribution in [1.29, 1.82) is 0 Å². The number of nitrogens with zero attached hydrogens (tertiary/aromatic N) is 1. The van der Waals surface area contributed by atoms with E-state index in [1.807, 2.05) is 41.8 Å². The second-order valence-electron chi connectivity index (χ2n) is 3.91. The lowest BCUT2D eigenvalue weighted by molar-refractivity contribution is 0.309. The van der Waals surface area contributed by atoms with Gasteiger partial charge in [0.2, 0.25) is 0 Å². The summed E-state index contributed by atoms with van der Waals surface area (Å²) in [6.45, 7) is 0.492. The van der Waals surface area contributed by atoms with Crippen molar-refractivity contribution in [3.05, 3.63) is 53.0 Å². The molecule has 0 bridgehead atoms. The molecule has 0 aliphatic rings. The number of thiazole rings is 1. The summed E-state index contributed by atoms with van der Waals surface area (Å²) in [5, 5.41) is 4.97. The first-order valence-electron chi connectivity index (χ1n) is 5.63. The Morgan fingerprint density at radius 2 is 1.94 bits per heavy atom. The van der Waals surface area contributed by atoms with Crippen LogP contribution in [-0.4, -0.2) is 4.98 Å². The van der Waals surface area contributed by atoms with Gasteiger partial charge in [-0.2, -0.15) is 0 Å². The van der Waals surface area contributed by atoms with Gasteiger partial charge in [-0.05, 0) is 12.1 Å². The first-order chi connectivity index (χ1) is 8.84. The second kappa shape index (κ2) is 4.66. The first-order valence-corrected chi connectivity index (χ1v) is 6.51. The number of anilines is 1. The van der Waals surface area contributed by atoms with Gasteiger partial charge < -0.3 is 10.5 Å². The average Bonchev–Trinajstić information content (AvgIpc) is 2.92. The summed E-state index contributed by atoms with van der Waals surface area (Å²) < 4.78 is 5.81. The van der Waals surface area contributed by atoms with E-state index < -0.39 is 0 Å². The van der Waals surface area contributed by atoms with Crippen LogP contribution in [0.3, 0.4) is 0 Å². The van der Waals surface area contributed by atoms with Gasteiger partial charge in [0.1, 0.15) is 17.4 Å². The van der Waals surface area contributed by atoms with Gasteiger partial charge in [-0.3, -0.25) is 0 Å². The topological polar surface area (TPSA) is 48.1 Å². The molecule has 0 aliphatic carbocycles. The number of nitrogen functional groups attached to an aromatic ring is 1. The molecule has 4 heteroatoms. The standard InChI is InChI=1S/C14H12N2OS/c15-12-5-6-13(11-4-2-1-3-10(11)12)17-9-14-16-7-8-18-14/h1-8H,9,15H2. The van der Waals surface area contributed by atoms with Gasteiger partial charge in [-0.15, -0.1) is 11.3 Å². The Hall–Kier alpha value is -2.07. The molecule has 1 aromatic heterocycles. The molecule has 90 valence electrons. The summed E-state index contributed by atoms with van der Waals surface area (Å²) in [6, 6.07) is 11.8. The second-order valence-corrected chi connectivity index (χ2v) is 4.89. The molecule has 0 atom stereocenters. The van der Waals surface area contributed by atoms with E-state index in [2.05, 4.69) is 4.98 Å². The Bertz CT molecular complexity index is 665. The SMILES string of the molecule is Nc1ccc(OCc2nccs2)c2ccccc12. The molecule has 0 amide bonds. The highest BCUT2D eigenvalue weighted by molar-refractivity contribution is 7.09. The van der Waals surface area contributed by atoms with Gasteiger partial charge in [0, 0.05) is 28.0 Å². The lowest BCUT2D eigenvalue weighted by atomic mass is 10.1. The Labute approximate surface area is 109 Å². The molecule has 0 saturated heterocycles. The van der Waals surface area contributed by atoms with Crippen molar-refractivity contribution in [2.45, 2.75) is 6.61 Å². The molecular weight excluding hydrogens is 244 g/mol. The van der Waals surface area contributed by atoms with Crippen LogP contribution in [0.25, 0.3) is 10.8 Å². The Morgan fingerprint density at radius 3 is 2.72 bits per heavy atom. The van der Waals surface area contributed by atoms with Gasteiger partial charge in [0.05, 0.1) is 0 Å². The molecule has 3 nitrogen and oxygen atoms in total. The van der Waals surface area contributed by atoms with E-state index in [1.165, 1.54) is 0 Å². The third kappa shape index (κ3) is 2.02. The van der Waals surface area contributed by atoms with Crippen LogP contribution >= 0.6 is 11.3 Å². The summed E-state index contributed by atoms with van der Waals surface area (Å²) in [5.74, 6) is 0.843. The summed E-state index contributed by atoms with van der Waals surface area (Å²) in [5.41, 5.74) is 6.72. The molecule has 0 fully saturated rings. The monoisotopic (exact) mass is 256 g/mol. The van der Waals surface area contributed by atoms with Crippen molar-refractivity contribution < 1.29 is 4.74 Å². The minimum absolute atomic E-state index is 0.492. The lowest BCUT2D eigenvalue weighted by Crippen LogP contribution is -1.96. The van der Waals surface area contributed by atoms with Crippen LogP contribution in [-0.2, 0) is 6.61 Å². The highest BCUT2D eigenvalue weighted by Gasteiger charge is 2.05. The molecule has 0 aliphatic heterocycles. The zero-order valence-electron chi connectivity index (χ0n) is 9.67. The van der Waals surface area contributed by atoms with Crippen molar-refractivity contribution in [2.75, 3.05) is 5.73 Å². The van der Waals surface area contributed by atoms with Crippen LogP contribution in [0.15, 0.2) is 48.0 Å². The summed E-state index contributed by atoms with van der Waals surface area (Å²) in [7, 11) is 0. The van der Waals surface area contributed by atoms with E-state index >= 15 is 0 Å². The fraction of sp³-hybridized carbons (Fsp3) is 0.0714. The zero-order chi connectivity index (χ0) is 12.4. The van der Waals surface area contributed by atoms with E-state index in [1.54, 1.807) is 17.5 Å². The molecule has 3 rings (SSSR count). The van der Waals surface area contributed by atoms with Crippen molar-refractivity contribution in [3.8, 4) is 5.75 Å². The maximum Gasteiger partial charge on any atom is 0.140 e. The van der Waals surface area contributed by atoms with E-state index in [9.17, 15) is 0 Å². The third-order valence-electron chi connectivity index (χ3n) is 2.75. The lowest BCUT2D eigenvalue weighted by Gasteiger charge is -2.09. The quantitative estimate of drug-likeness (QED) is 0.730. The highest BCUT2D eigenvalue weighted by atomic mass is 32.1. The van der Waals surface area contributed by atoms with Crippen molar-refractivity contribution in [1.82, 2.24) is 4.98 Å². The van der Waals surface area contributed by atoms with Gasteiger partial charge >= 0.3 is 0 Å². The number of nitrogens with two attached hydrogens (primary N) is 1. The molecule has 3 aromatic rings. The fourth-order valence-electron chi connectivity index (χ4n) is 1.88. The number of hydrogen-bond acceptors (Lipinski definition) is 4. The number of benzene rings is 2. The number of aromatic nitrogens is 1. The largest absolute Gasteiger partial charge is 0.486 e. The Balaban J connectivity index is 1.94. The van der Waals surface area contributed by atoms with Crippen LogP contribution in [0.4, 0.5) is 5.69 Å². The minimum Gasteiger partial charge on any atom is -0.486 e. The maximum absolute atomic E-state index is 5.95. The van der Waals surface area contributed by atoms with Gasteiger partial charge in [-0.25, -0.2) is 4.98 Å². The van der Waals surface area contributed by atoms with Gasteiger partial charge in [0.25, 0.3) is 0 Å². The molecular formula is C14H12N2OS. The molecule has 0 spiro atoms. The van der Waals surface area contributed by atoms with Crippen LogP contribution in [0.1, 0.15) is 5.01 Å². The van der Waals surface area contributed by atoms with Crippen molar-refractivity contribution in [3.63, 3.8) is 0 Å². The summed E-state index contributed by atoms with van der Waals surface area (Å²) in [4.78, 5) is 4.20. The average molecular weight is 256 g/mol.